The van der Waals surface area contributed by atoms with Crippen molar-refractivity contribution in [2.45, 2.75) is 33.3 Å². The lowest BCUT2D eigenvalue weighted by molar-refractivity contribution is 0.0588. The van der Waals surface area contributed by atoms with Crippen molar-refractivity contribution in [1.29, 1.82) is 0 Å². The summed E-state index contributed by atoms with van der Waals surface area (Å²) in [5.41, 5.74) is 5.18. The van der Waals surface area contributed by atoms with Crippen molar-refractivity contribution in [3.05, 3.63) is 18.2 Å². The monoisotopic (exact) mass is 305 g/mol. The van der Waals surface area contributed by atoms with E-state index < -0.39 is 11.7 Å². The molecule has 2 rings (SSSR count). The molecular formula is C13H19N7O2. The summed E-state index contributed by atoms with van der Waals surface area (Å²) in [5.74, 6) is 1.52. The first-order valence-electron chi connectivity index (χ1n) is 6.65. The first-order valence-corrected chi connectivity index (χ1v) is 6.65. The van der Waals surface area contributed by atoms with E-state index in [2.05, 4.69) is 20.1 Å². The number of aromatic nitrogens is 5. The van der Waals surface area contributed by atoms with Gasteiger partial charge < -0.3 is 10.5 Å². The fourth-order valence-electron chi connectivity index (χ4n) is 1.66. The number of rotatable bonds is 2. The van der Waals surface area contributed by atoms with Crippen molar-refractivity contribution in [3.8, 4) is 5.82 Å². The number of amides is 1. The van der Waals surface area contributed by atoms with E-state index in [0.29, 0.717) is 17.5 Å². The summed E-state index contributed by atoms with van der Waals surface area (Å²) in [7, 11) is 1.57. The van der Waals surface area contributed by atoms with Crippen LogP contribution in [-0.2, 0) is 4.74 Å². The number of anilines is 2. The van der Waals surface area contributed by atoms with E-state index in [1.165, 1.54) is 15.9 Å². The third-order valence-corrected chi connectivity index (χ3v) is 2.60. The van der Waals surface area contributed by atoms with Crippen LogP contribution >= 0.6 is 0 Å². The minimum Gasteiger partial charge on any atom is -0.443 e. The number of nitrogens with zero attached hydrogens (tertiary/aromatic N) is 6. The Bertz CT molecular complexity index is 690. The summed E-state index contributed by atoms with van der Waals surface area (Å²) in [6.07, 6.45) is 0.807. The van der Waals surface area contributed by atoms with Crippen LogP contribution in [0.15, 0.2) is 12.4 Å². The summed E-state index contributed by atoms with van der Waals surface area (Å²) >= 11 is 0. The van der Waals surface area contributed by atoms with E-state index in [4.69, 9.17) is 10.5 Å². The van der Waals surface area contributed by atoms with Crippen molar-refractivity contribution < 1.29 is 9.53 Å². The zero-order valence-electron chi connectivity index (χ0n) is 13.2. The number of carbonyl (C=O) groups is 1. The number of hydrogen-bond acceptors (Lipinski definition) is 7. The Morgan fingerprint density at radius 2 is 2.05 bits per heavy atom. The molecule has 0 saturated heterocycles. The van der Waals surface area contributed by atoms with Crippen LogP contribution in [0.1, 0.15) is 26.6 Å². The average molecular weight is 305 g/mol. The van der Waals surface area contributed by atoms with Gasteiger partial charge in [0.1, 0.15) is 23.6 Å². The van der Waals surface area contributed by atoms with Crippen molar-refractivity contribution in [3.63, 3.8) is 0 Å². The summed E-state index contributed by atoms with van der Waals surface area (Å²) in [6.45, 7) is 7.11. The Morgan fingerprint density at radius 1 is 1.36 bits per heavy atom. The van der Waals surface area contributed by atoms with Crippen molar-refractivity contribution in [1.82, 2.24) is 24.7 Å². The maximum atomic E-state index is 12.1. The van der Waals surface area contributed by atoms with Crippen LogP contribution in [0.4, 0.5) is 16.6 Å². The molecule has 2 aromatic heterocycles. The quantitative estimate of drug-likeness (QED) is 0.890. The molecule has 2 aromatic rings. The maximum Gasteiger partial charge on any atom is 0.415 e. The van der Waals surface area contributed by atoms with E-state index in [-0.39, 0.29) is 5.95 Å². The van der Waals surface area contributed by atoms with Crippen LogP contribution in [0.25, 0.3) is 5.82 Å². The highest BCUT2D eigenvalue weighted by molar-refractivity contribution is 5.86. The summed E-state index contributed by atoms with van der Waals surface area (Å²) in [5, 5.41) is 4.14. The van der Waals surface area contributed by atoms with Gasteiger partial charge in [0.25, 0.3) is 0 Å². The molecule has 0 aromatic carbocycles. The minimum absolute atomic E-state index is 0.210. The number of ether oxygens (including phenoxy) is 1. The van der Waals surface area contributed by atoms with Gasteiger partial charge in [-0.25, -0.2) is 14.8 Å². The molecule has 0 aliphatic rings. The van der Waals surface area contributed by atoms with Gasteiger partial charge in [-0.05, 0) is 27.7 Å². The fourth-order valence-corrected chi connectivity index (χ4v) is 1.66. The summed E-state index contributed by atoms with van der Waals surface area (Å²) in [4.78, 5) is 25.5. The average Bonchev–Trinajstić information content (AvgIpc) is 2.75. The van der Waals surface area contributed by atoms with E-state index in [9.17, 15) is 4.79 Å². The molecule has 0 bridgehead atoms. The fraction of sp³-hybridized carbons (Fsp3) is 0.462. The molecule has 9 nitrogen and oxygen atoms in total. The van der Waals surface area contributed by atoms with Gasteiger partial charge in [0.15, 0.2) is 5.82 Å². The molecule has 0 saturated carbocycles. The van der Waals surface area contributed by atoms with E-state index >= 15 is 0 Å². The largest absolute Gasteiger partial charge is 0.443 e. The molecule has 0 atom stereocenters. The number of hydrogen-bond donors (Lipinski definition) is 1. The Kier molecular flexibility index (Phi) is 3.98. The van der Waals surface area contributed by atoms with Gasteiger partial charge in [-0.3, -0.25) is 4.90 Å². The van der Waals surface area contributed by atoms with Crippen molar-refractivity contribution in [2.24, 2.45) is 0 Å². The molecule has 0 spiro atoms. The molecule has 0 aliphatic heterocycles. The highest BCUT2D eigenvalue weighted by atomic mass is 16.6. The first kappa shape index (κ1) is 15.7. The van der Waals surface area contributed by atoms with Gasteiger partial charge in [-0.2, -0.15) is 9.67 Å². The normalized spacial score (nSPS) is 11.3. The molecule has 0 fully saturated rings. The second-order valence-corrected chi connectivity index (χ2v) is 5.70. The number of carbonyl (C=O) groups excluding carboxylic acids is 1. The van der Waals surface area contributed by atoms with Gasteiger partial charge in [-0.1, -0.05) is 0 Å². The minimum atomic E-state index is -0.589. The molecular weight excluding hydrogens is 286 g/mol. The second kappa shape index (κ2) is 5.58. The van der Waals surface area contributed by atoms with E-state index in [0.717, 1.165) is 0 Å². The topological polar surface area (TPSA) is 112 Å². The molecule has 2 heterocycles. The van der Waals surface area contributed by atoms with Crippen molar-refractivity contribution in [2.75, 3.05) is 17.7 Å². The Balaban J connectivity index is 2.28. The lowest BCUT2D eigenvalue weighted by atomic mass is 10.2. The van der Waals surface area contributed by atoms with Crippen LogP contribution in [-0.4, -0.2) is 43.5 Å². The molecule has 0 aliphatic carbocycles. The van der Waals surface area contributed by atoms with Gasteiger partial charge in [0.2, 0.25) is 5.95 Å². The van der Waals surface area contributed by atoms with Gasteiger partial charge in [0, 0.05) is 13.1 Å². The number of nitrogens with two attached hydrogens (primary N) is 1. The molecule has 22 heavy (non-hydrogen) atoms. The Hall–Kier alpha value is -2.71. The molecule has 0 radical (unpaired) electrons. The smallest absolute Gasteiger partial charge is 0.415 e. The first-order chi connectivity index (χ1) is 10.2. The predicted molar refractivity (Wildman–Crippen MR) is 80.7 cm³/mol. The maximum absolute atomic E-state index is 12.1. The van der Waals surface area contributed by atoms with Crippen LogP contribution in [0.5, 0.6) is 0 Å². The third-order valence-electron chi connectivity index (χ3n) is 2.60. The lowest BCUT2D eigenvalue weighted by Gasteiger charge is -2.24. The lowest BCUT2D eigenvalue weighted by Crippen LogP contribution is -2.34. The number of nitrogen functional groups attached to an aromatic ring is 1. The highest BCUT2D eigenvalue weighted by Crippen LogP contribution is 2.17. The van der Waals surface area contributed by atoms with Crippen LogP contribution in [0.2, 0.25) is 0 Å². The molecule has 1 amide bonds. The zero-order chi connectivity index (χ0) is 16.5. The van der Waals surface area contributed by atoms with E-state index in [1.54, 1.807) is 40.8 Å². The second-order valence-electron chi connectivity index (χ2n) is 5.70. The molecule has 9 heteroatoms. The third kappa shape index (κ3) is 3.48. The standard InChI is InChI=1S/C13H19N7O2/c1-8-17-11(14)20(18-8)10-6-9(15-7-16-10)19(5)12(21)22-13(2,3)4/h6-7H,1-5H3,(H2,14,17,18). The zero-order valence-corrected chi connectivity index (χ0v) is 13.2. The van der Waals surface area contributed by atoms with Crippen LogP contribution < -0.4 is 10.6 Å². The molecule has 118 valence electrons. The van der Waals surface area contributed by atoms with Crippen molar-refractivity contribution >= 4 is 17.9 Å². The Labute approximate surface area is 128 Å². The highest BCUT2D eigenvalue weighted by Gasteiger charge is 2.22. The molecule has 0 unspecified atom stereocenters. The van der Waals surface area contributed by atoms with Gasteiger partial charge in [0.05, 0.1) is 0 Å². The predicted octanol–water partition coefficient (Wildman–Crippen LogP) is 1.32. The SMILES string of the molecule is Cc1nc(N)n(-c2cc(N(C)C(=O)OC(C)(C)C)ncn2)n1. The summed E-state index contributed by atoms with van der Waals surface area (Å²) in [6, 6.07) is 1.58. The van der Waals surface area contributed by atoms with E-state index in [1.807, 2.05) is 0 Å². The summed E-state index contributed by atoms with van der Waals surface area (Å²) < 4.78 is 6.67. The van der Waals surface area contributed by atoms with Crippen LogP contribution in [0, 0.1) is 6.92 Å². The van der Waals surface area contributed by atoms with Gasteiger partial charge in [-0.15, -0.1) is 5.10 Å². The Morgan fingerprint density at radius 3 is 2.59 bits per heavy atom. The molecule has 2 N–H and O–H groups in total. The van der Waals surface area contributed by atoms with Gasteiger partial charge >= 0.3 is 6.09 Å². The number of aryl methyl sites for hydroxylation is 1. The van der Waals surface area contributed by atoms with Crippen LogP contribution in [0.3, 0.4) is 0 Å².